The Morgan fingerprint density at radius 2 is 2.32 bits per heavy atom. The van der Waals surface area contributed by atoms with Crippen molar-refractivity contribution >= 4 is 5.91 Å². The predicted molar refractivity (Wildman–Crippen MR) is 72.5 cm³/mol. The van der Waals surface area contributed by atoms with Crippen LogP contribution in [0.3, 0.4) is 0 Å². The van der Waals surface area contributed by atoms with Gasteiger partial charge in [0.1, 0.15) is 5.76 Å². The van der Waals surface area contributed by atoms with Gasteiger partial charge in [-0.1, -0.05) is 6.92 Å². The molecule has 2 heterocycles. The van der Waals surface area contributed by atoms with E-state index in [1.807, 2.05) is 17.0 Å². The summed E-state index contributed by atoms with van der Waals surface area (Å²) in [5, 5.41) is 3.39. The molecular formula is C15H22N2O2. The number of rotatable bonds is 4. The second-order valence-corrected chi connectivity index (χ2v) is 5.83. The maximum Gasteiger partial charge on any atom is 0.240 e. The Labute approximate surface area is 114 Å². The lowest BCUT2D eigenvalue weighted by atomic mass is 9.91. The van der Waals surface area contributed by atoms with Crippen LogP contribution in [0.1, 0.15) is 38.4 Å². The summed E-state index contributed by atoms with van der Waals surface area (Å²) >= 11 is 0. The normalized spacial score (nSPS) is 27.2. The predicted octanol–water partition coefficient (Wildman–Crippen LogP) is 2.16. The van der Waals surface area contributed by atoms with Crippen molar-refractivity contribution in [3.8, 4) is 0 Å². The molecule has 4 nitrogen and oxygen atoms in total. The third-order valence-corrected chi connectivity index (χ3v) is 4.21. The Morgan fingerprint density at radius 3 is 2.95 bits per heavy atom. The maximum atomic E-state index is 12.7. The number of furan rings is 1. The second-order valence-electron chi connectivity index (χ2n) is 5.83. The van der Waals surface area contributed by atoms with Crippen molar-refractivity contribution in [2.75, 3.05) is 6.54 Å². The molecule has 2 unspecified atom stereocenters. The van der Waals surface area contributed by atoms with Crippen LogP contribution < -0.4 is 5.32 Å². The van der Waals surface area contributed by atoms with Crippen LogP contribution in [0.25, 0.3) is 0 Å². The van der Waals surface area contributed by atoms with Crippen molar-refractivity contribution in [2.24, 2.45) is 5.92 Å². The van der Waals surface area contributed by atoms with Crippen LogP contribution in [0.4, 0.5) is 0 Å². The first-order valence-corrected chi connectivity index (χ1v) is 7.32. The highest BCUT2D eigenvalue weighted by Gasteiger charge is 2.38. The standard InChI is InChI=1S/C15H22N2O2/c1-11-4-2-8-16-14(11)15(18)17(12-6-7-12)10-13-5-3-9-19-13/h3,5,9,11-12,14,16H,2,4,6-8,10H2,1H3. The van der Waals surface area contributed by atoms with Crippen molar-refractivity contribution in [3.05, 3.63) is 24.2 Å². The molecule has 3 rings (SSSR count). The lowest BCUT2D eigenvalue weighted by Crippen LogP contribution is -2.52. The summed E-state index contributed by atoms with van der Waals surface area (Å²) < 4.78 is 5.39. The molecule has 1 aliphatic carbocycles. The lowest BCUT2D eigenvalue weighted by Gasteiger charge is -2.33. The van der Waals surface area contributed by atoms with Gasteiger partial charge < -0.3 is 14.6 Å². The average Bonchev–Trinajstić information content (AvgIpc) is 3.13. The summed E-state index contributed by atoms with van der Waals surface area (Å²) in [6.45, 7) is 3.74. The Morgan fingerprint density at radius 1 is 1.47 bits per heavy atom. The molecule has 19 heavy (non-hydrogen) atoms. The number of carbonyl (C=O) groups excluding carboxylic acids is 1. The molecule has 0 aromatic carbocycles. The number of amides is 1. The molecule has 2 atom stereocenters. The average molecular weight is 262 g/mol. The topological polar surface area (TPSA) is 45.5 Å². The van der Waals surface area contributed by atoms with Gasteiger partial charge in [-0.2, -0.15) is 0 Å². The van der Waals surface area contributed by atoms with Crippen LogP contribution in [0.5, 0.6) is 0 Å². The molecule has 1 saturated heterocycles. The SMILES string of the molecule is CC1CCCNC1C(=O)N(Cc1ccco1)C1CC1. The summed E-state index contributed by atoms with van der Waals surface area (Å²) in [6, 6.07) is 4.24. The van der Waals surface area contributed by atoms with E-state index in [2.05, 4.69) is 12.2 Å². The first-order chi connectivity index (χ1) is 9.25. The second kappa shape index (κ2) is 5.37. The van der Waals surface area contributed by atoms with Crippen molar-refractivity contribution in [3.63, 3.8) is 0 Å². The number of hydrogen-bond donors (Lipinski definition) is 1. The molecule has 4 heteroatoms. The number of carbonyl (C=O) groups is 1. The monoisotopic (exact) mass is 262 g/mol. The molecular weight excluding hydrogens is 240 g/mol. The van der Waals surface area contributed by atoms with E-state index in [-0.39, 0.29) is 11.9 Å². The third-order valence-electron chi connectivity index (χ3n) is 4.21. The molecule has 0 spiro atoms. The van der Waals surface area contributed by atoms with Gasteiger partial charge in [0.05, 0.1) is 18.8 Å². The summed E-state index contributed by atoms with van der Waals surface area (Å²) in [4.78, 5) is 14.8. The number of nitrogens with one attached hydrogen (secondary N) is 1. The van der Waals surface area contributed by atoms with Crippen LogP contribution in [-0.2, 0) is 11.3 Å². The molecule has 1 aromatic heterocycles. The molecule has 1 aromatic rings. The molecule has 1 aliphatic heterocycles. The van der Waals surface area contributed by atoms with E-state index in [1.165, 1.54) is 6.42 Å². The van der Waals surface area contributed by atoms with Crippen molar-refractivity contribution in [2.45, 2.75) is 51.2 Å². The molecule has 0 bridgehead atoms. The minimum absolute atomic E-state index is 0.00990. The summed E-state index contributed by atoms with van der Waals surface area (Å²) in [5.74, 6) is 1.56. The summed E-state index contributed by atoms with van der Waals surface area (Å²) in [5.41, 5.74) is 0. The molecule has 1 saturated carbocycles. The molecule has 1 N–H and O–H groups in total. The summed E-state index contributed by atoms with van der Waals surface area (Å²) in [6.07, 6.45) is 6.25. The molecule has 2 aliphatic rings. The van der Waals surface area contributed by atoms with Crippen LogP contribution in [0.15, 0.2) is 22.8 Å². The zero-order valence-corrected chi connectivity index (χ0v) is 11.5. The number of hydrogen-bond acceptors (Lipinski definition) is 3. The van der Waals surface area contributed by atoms with E-state index in [0.717, 1.165) is 31.6 Å². The first-order valence-electron chi connectivity index (χ1n) is 7.32. The van der Waals surface area contributed by atoms with E-state index in [1.54, 1.807) is 6.26 Å². The largest absolute Gasteiger partial charge is 0.467 e. The van der Waals surface area contributed by atoms with Gasteiger partial charge in [0.15, 0.2) is 0 Å². The van der Waals surface area contributed by atoms with E-state index in [4.69, 9.17) is 4.42 Å². The smallest absolute Gasteiger partial charge is 0.240 e. The molecule has 104 valence electrons. The fourth-order valence-corrected chi connectivity index (χ4v) is 2.90. The van der Waals surface area contributed by atoms with E-state index >= 15 is 0 Å². The van der Waals surface area contributed by atoms with E-state index in [9.17, 15) is 4.79 Å². The lowest BCUT2D eigenvalue weighted by molar-refractivity contribution is -0.136. The molecule has 1 amide bonds. The van der Waals surface area contributed by atoms with Crippen molar-refractivity contribution in [1.82, 2.24) is 10.2 Å². The Kier molecular flexibility index (Phi) is 3.60. The van der Waals surface area contributed by atoms with Gasteiger partial charge in [-0.25, -0.2) is 0 Å². The fraction of sp³-hybridized carbons (Fsp3) is 0.667. The highest BCUT2D eigenvalue weighted by Crippen LogP contribution is 2.30. The van der Waals surface area contributed by atoms with Crippen LogP contribution in [0.2, 0.25) is 0 Å². The molecule has 0 radical (unpaired) electrons. The van der Waals surface area contributed by atoms with Gasteiger partial charge >= 0.3 is 0 Å². The number of nitrogens with zero attached hydrogens (tertiary/aromatic N) is 1. The minimum atomic E-state index is -0.00990. The van der Waals surface area contributed by atoms with Crippen molar-refractivity contribution < 1.29 is 9.21 Å². The van der Waals surface area contributed by atoms with Gasteiger partial charge in [0, 0.05) is 6.04 Å². The maximum absolute atomic E-state index is 12.7. The Bertz CT molecular complexity index is 425. The van der Waals surface area contributed by atoms with Crippen molar-refractivity contribution in [1.29, 1.82) is 0 Å². The van der Waals surface area contributed by atoms with Crippen LogP contribution in [0, 0.1) is 5.92 Å². The zero-order valence-electron chi connectivity index (χ0n) is 11.5. The quantitative estimate of drug-likeness (QED) is 0.904. The van der Waals surface area contributed by atoms with Gasteiger partial charge in [0.25, 0.3) is 0 Å². The minimum Gasteiger partial charge on any atom is -0.467 e. The van der Waals surface area contributed by atoms with E-state index < -0.39 is 0 Å². The summed E-state index contributed by atoms with van der Waals surface area (Å²) in [7, 11) is 0. The Balaban J connectivity index is 1.70. The fourth-order valence-electron chi connectivity index (χ4n) is 2.90. The van der Waals surface area contributed by atoms with E-state index in [0.29, 0.717) is 18.5 Å². The number of piperidine rings is 1. The van der Waals surface area contributed by atoms with Gasteiger partial charge in [-0.15, -0.1) is 0 Å². The van der Waals surface area contributed by atoms with Gasteiger partial charge in [0.2, 0.25) is 5.91 Å². The Hall–Kier alpha value is -1.29. The van der Waals surface area contributed by atoms with Crippen LogP contribution in [-0.4, -0.2) is 29.4 Å². The zero-order chi connectivity index (χ0) is 13.2. The third kappa shape index (κ3) is 2.84. The first kappa shape index (κ1) is 12.7. The van der Waals surface area contributed by atoms with Gasteiger partial charge in [-0.3, -0.25) is 4.79 Å². The van der Waals surface area contributed by atoms with Crippen LogP contribution >= 0.6 is 0 Å². The van der Waals surface area contributed by atoms with Gasteiger partial charge in [-0.05, 0) is 50.3 Å². The highest BCUT2D eigenvalue weighted by molar-refractivity contribution is 5.83. The highest BCUT2D eigenvalue weighted by atomic mass is 16.3. The molecule has 2 fully saturated rings.